The molecule has 0 aliphatic heterocycles. The van der Waals surface area contributed by atoms with Gasteiger partial charge in [0.15, 0.2) is 0 Å². The zero-order valence-electron chi connectivity index (χ0n) is 16.0. The largest absolute Gasteiger partial charge is 0.508 e. The molecular formula is C23H28ClNO. The van der Waals surface area contributed by atoms with Gasteiger partial charge in [0.25, 0.3) is 0 Å². The van der Waals surface area contributed by atoms with E-state index < -0.39 is 0 Å². The minimum absolute atomic E-state index is 0. The highest BCUT2D eigenvalue weighted by Crippen LogP contribution is 2.29. The molecule has 0 fully saturated rings. The Morgan fingerprint density at radius 2 is 1.50 bits per heavy atom. The number of halogens is 1. The minimum Gasteiger partial charge on any atom is -0.508 e. The van der Waals surface area contributed by atoms with Crippen molar-refractivity contribution in [2.45, 2.75) is 39.3 Å². The summed E-state index contributed by atoms with van der Waals surface area (Å²) in [6, 6.07) is 21.0. The van der Waals surface area contributed by atoms with Crippen molar-refractivity contribution < 1.29 is 5.11 Å². The molecule has 0 saturated heterocycles. The lowest BCUT2D eigenvalue weighted by molar-refractivity contribution is 0.313. The molecule has 0 bridgehead atoms. The monoisotopic (exact) mass is 369 g/mol. The molecule has 3 aromatic carbocycles. The van der Waals surface area contributed by atoms with Crippen LogP contribution < -0.4 is 0 Å². The second-order valence-electron chi connectivity index (χ2n) is 7.90. The molecule has 0 unspecified atom stereocenters. The Morgan fingerprint density at radius 1 is 0.846 bits per heavy atom. The number of hydrogen-bond acceptors (Lipinski definition) is 2. The second-order valence-corrected chi connectivity index (χ2v) is 7.90. The van der Waals surface area contributed by atoms with E-state index in [0.29, 0.717) is 5.75 Å². The summed E-state index contributed by atoms with van der Waals surface area (Å²) < 4.78 is 0. The van der Waals surface area contributed by atoms with Crippen LogP contribution in [0, 0.1) is 0 Å². The van der Waals surface area contributed by atoms with Crippen molar-refractivity contribution in [3.8, 4) is 5.75 Å². The van der Waals surface area contributed by atoms with Gasteiger partial charge in [-0.05, 0) is 40.4 Å². The molecule has 0 amide bonds. The molecule has 0 aromatic heterocycles. The third kappa shape index (κ3) is 4.57. The normalized spacial score (nSPS) is 11.6. The van der Waals surface area contributed by atoms with Crippen molar-refractivity contribution in [1.82, 2.24) is 4.90 Å². The summed E-state index contributed by atoms with van der Waals surface area (Å²) in [7, 11) is 2.10. The number of fused-ring (bicyclic) bond motifs is 1. The van der Waals surface area contributed by atoms with Crippen LogP contribution in [0.1, 0.15) is 37.5 Å². The van der Waals surface area contributed by atoms with Crippen LogP contribution in [-0.2, 0) is 18.5 Å². The Morgan fingerprint density at radius 3 is 2.19 bits per heavy atom. The predicted octanol–water partition coefficient (Wildman–Crippen LogP) is 5.90. The average Bonchev–Trinajstić information content (AvgIpc) is 2.56. The van der Waals surface area contributed by atoms with E-state index in [1.807, 2.05) is 6.07 Å². The van der Waals surface area contributed by atoms with Crippen LogP contribution in [0.15, 0.2) is 60.7 Å². The maximum Gasteiger partial charge on any atom is 0.120 e. The molecule has 0 aliphatic carbocycles. The Labute approximate surface area is 162 Å². The molecule has 3 heteroatoms. The topological polar surface area (TPSA) is 23.5 Å². The fraction of sp³-hybridized carbons (Fsp3) is 0.304. The average molecular weight is 370 g/mol. The van der Waals surface area contributed by atoms with Crippen LogP contribution in [-0.4, -0.2) is 17.1 Å². The predicted molar refractivity (Wildman–Crippen MR) is 113 cm³/mol. The molecule has 1 N–H and O–H groups in total. The highest BCUT2D eigenvalue weighted by atomic mass is 35.5. The summed E-state index contributed by atoms with van der Waals surface area (Å²) in [5.74, 6) is 0.386. The molecule has 26 heavy (non-hydrogen) atoms. The van der Waals surface area contributed by atoms with Crippen molar-refractivity contribution in [2.24, 2.45) is 0 Å². The molecule has 0 aliphatic rings. The Balaban J connectivity index is 0.00000243. The number of aromatic hydroxyl groups is 1. The third-order valence-corrected chi connectivity index (χ3v) is 4.71. The Kier molecular flexibility index (Phi) is 6.33. The summed E-state index contributed by atoms with van der Waals surface area (Å²) in [6.07, 6.45) is 0. The van der Waals surface area contributed by atoms with Crippen molar-refractivity contribution in [3.05, 3.63) is 77.4 Å². The maximum atomic E-state index is 10.4. The molecular weight excluding hydrogens is 342 g/mol. The van der Waals surface area contributed by atoms with Gasteiger partial charge in [0.05, 0.1) is 0 Å². The number of benzene rings is 3. The molecule has 0 heterocycles. The number of rotatable bonds is 4. The van der Waals surface area contributed by atoms with Crippen LogP contribution in [0.25, 0.3) is 10.8 Å². The fourth-order valence-corrected chi connectivity index (χ4v) is 3.23. The van der Waals surface area contributed by atoms with Gasteiger partial charge in [-0.2, -0.15) is 0 Å². The quantitative estimate of drug-likeness (QED) is 0.619. The first-order chi connectivity index (χ1) is 11.8. The van der Waals surface area contributed by atoms with E-state index in [9.17, 15) is 5.11 Å². The van der Waals surface area contributed by atoms with Crippen molar-refractivity contribution in [2.75, 3.05) is 7.05 Å². The van der Waals surface area contributed by atoms with E-state index in [4.69, 9.17) is 0 Å². The number of hydrogen-bond donors (Lipinski definition) is 1. The first-order valence-electron chi connectivity index (χ1n) is 8.82. The van der Waals surface area contributed by atoms with Crippen LogP contribution in [0.2, 0.25) is 0 Å². The second kappa shape index (κ2) is 8.11. The lowest BCUT2D eigenvalue weighted by Crippen LogP contribution is -2.18. The lowest BCUT2D eigenvalue weighted by atomic mass is 9.86. The van der Waals surface area contributed by atoms with Gasteiger partial charge in [-0.1, -0.05) is 75.4 Å². The minimum atomic E-state index is 0. The Hall–Kier alpha value is -2.03. The van der Waals surface area contributed by atoms with E-state index in [1.54, 1.807) is 0 Å². The van der Waals surface area contributed by atoms with Crippen molar-refractivity contribution in [1.29, 1.82) is 0 Å². The van der Waals surface area contributed by atoms with Crippen LogP contribution in [0.4, 0.5) is 0 Å². The summed E-state index contributed by atoms with van der Waals surface area (Å²) >= 11 is 0. The molecule has 0 spiro atoms. The molecule has 0 saturated carbocycles. The van der Waals surface area contributed by atoms with Crippen LogP contribution in [0.3, 0.4) is 0 Å². The highest BCUT2D eigenvalue weighted by Gasteiger charge is 2.16. The number of nitrogens with zero attached hydrogens (tertiary/aromatic N) is 1. The van der Waals surface area contributed by atoms with Crippen LogP contribution >= 0.6 is 12.4 Å². The zero-order valence-corrected chi connectivity index (χ0v) is 16.8. The van der Waals surface area contributed by atoms with E-state index in [-0.39, 0.29) is 17.8 Å². The lowest BCUT2D eigenvalue weighted by Gasteiger charge is -2.22. The SMILES string of the molecule is CN(Cc1ccc(C(C)(C)C)cc1O)Cc1cccc2ccccc12.Cl. The van der Waals surface area contributed by atoms with Gasteiger partial charge in [0, 0.05) is 18.7 Å². The summed E-state index contributed by atoms with van der Waals surface area (Å²) in [4.78, 5) is 2.24. The molecule has 3 aromatic rings. The molecule has 3 rings (SSSR count). The van der Waals surface area contributed by atoms with Gasteiger partial charge in [-0.15, -0.1) is 12.4 Å². The van der Waals surface area contributed by atoms with Crippen molar-refractivity contribution in [3.63, 3.8) is 0 Å². The molecule has 0 atom stereocenters. The standard InChI is InChI=1S/C23H27NO.ClH/c1-23(2,3)20-13-12-19(22(25)14-20)16-24(4)15-18-10-7-9-17-8-5-6-11-21(17)18;/h5-14,25H,15-16H2,1-4H3;1H. The van der Waals surface area contributed by atoms with Gasteiger partial charge in [-0.3, -0.25) is 4.90 Å². The van der Waals surface area contributed by atoms with Crippen LogP contribution in [0.5, 0.6) is 5.75 Å². The first-order valence-corrected chi connectivity index (χ1v) is 8.82. The highest BCUT2D eigenvalue weighted by molar-refractivity contribution is 5.86. The van der Waals surface area contributed by atoms with E-state index in [2.05, 4.69) is 87.3 Å². The maximum absolute atomic E-state index is 10.4. The Bertz CT molecular complexity index is 878. The first kappa shape index (κ1) is 20.3. The smallest absolute Gasteiger partial charge is 0.120 e. The number of phenolic OH excluding ortho intramolecular Hbond substituents is 1. The summed E-state index contributed by atoms with van der Waals surface area (Å²) in [6.45, 7) is 8.05. The number of phenols is 1. The molecule has 2 nitrogen and oxygen atoms in total. The van der Waals surface area contributed by atoms with E-state index >= 15 is 0 Å². The zero-order chi connectivity index (χ0) is 18.0. The fourth-order valence-electron chi connectivity index (χ4n) is 3.23. The van der Waals surface area contributed by atoms with Gasteiger partial charge in [-0.25, -0.2) is 0 Å². The summed E-state index contributed by atoms with van der Waals surface area (Å²) in [5.41, 5.74) is 3.48. The van der Waals surface area contributed by atoms with E-state index in [1.165, 1.54) is 16.3 Å². The van der Waals surface area contributed by atoms with Gasteiger partial charge in [0.2, 0.25) is 0 Å². The molecule has 138 valence electrons. The van der Waals surface area contributed by atoms with Gasteiger partial charge < -0.3 is 5.11 Å². The van der Waals surface area contributed by atoms with Crippen molar-refractivity contribution >= 4 is 23.2 Å². The van der Waals surface area contributed by atoms with Gasteiger partial charge >= 0.3 is 0 Å². The van der Waals surface area contributed by atoms with E-state index in [0.717, 1.165) is 24.2 Å². The third-order valence-electron chi connectivity index (χ3n) is 4.71. The summed E-state index contributed by atoms with van der Waals surface area (Å²) in [5, 5.41) is 13.0. The van der Waals surface area contributed by atoms with Gasteiger partial charge in [0.1, 0.15) is 5.75 Å². The molecule has 0 radical (unpaired) electrons.